The second kappa shape index (κ2) is 8.14. The highest BCUT2D eigenvalue weighted by molar-refractivity contribution is 5.87. The molecule has 1 aromatic rings. The van der Waals surface area contributed by atoms with Crippen LogP contribution in [0.4, 0.5) is 0 Å². The van der Waals surface area contributed by atoms with Gasteiger partial charge in [-0.2, -0.15) is 0 Å². The van der Waals surface area contributed by atoms with Gasteiger partial charge in [-0.1, -0.05) is 45.0 Å². The van der Waals surface area contributed by atoms with E-state index in [-0.39, 0.29) is 11.8 Å². The maximum absolute atomic E-state index is 12.9. The van der Waals surface area contributed by atoms with Gasteiger partial charge < -0.3 is 10.2 Å². The second-order valence-electron chi connectivity index (χ2n) is 6.78. The number of benzene rings is 1. The minimum Gasteiger partial charge on any atom is -0.344 e. The van der Waals surface area contributed by atoms with E-state index < -0.39 is 6.04 Å². The molecule has 0 unspecified atom stereocenters. The number of rotatable bonds is 6. The van der Waals surface area contributed by atoms with Crippen LogP contribution in [0.15, 0.2) is 24.3 Å². The fourth-order valence-corrected chi connectivity index (χ4v) is 3.09. The number of hydrogen-bond donors (Lipinski definition) is 1. The van der Waals surface area contributed by atoms with Crippen LogP contribution < -0.4 is 5.32 Å². The van der Waals surface area contributed by atoms with Gasteiger partial charge in [0.2, 0.25) is 11.8 Å². The topological polar surface area (TPSA) is 49.4 Å². The van der Waals surface area contributed by atoms with Gasteiger partial charge in [0, 0.05) is 19.5 Å². The number of nitrogens with one attached hydrogen (secondary N) is 1. The van der Waals surface area contributed by atoms with Crippen LogP contribution >= 0.6 is 0 Å². The third-order valence-electron chi connectivity index (χ3n) is 4.26. The van der Waals surface area contributed by atoms with E-state index in [1.165, 1.54) is 11.1 Å². The summed E-state index contributed by atoms with van der Waals surface area (Å²) < 4.78 is 0. The number of carbonyl (C=O) groups is 2. The van der Waals surface area contributed by atoms with Gasteiger partial charge in [-0.25, -0.2) is 0 Å². The molecule has 2 amide bonds. The average Bonchev–Trinajstić information content (AvgIpc) is 2.53. The Hall–Kier alpha value is -1.84. The Morgan fingerprint density at radius 1 is 1.22 bits per heavy atom. The maximum Gasteiger partial charge on any atom is 0.245 e. The van der Waals surface area contributed by atoms with E-state index in [1.54, 1.807) is 0 Å². The molecule has 2 rings (SSSR count). The molecular weight excluding hydrogens is 288 g/mol. The predicted octanol–water partition coefficient (Wildman–Crippen LogP) is 2.90. The Kier molecular flexibility index (Phi) is 6.20. The number of nitrogens with zero attached hydrogens (tertiary/aromatic N) is 1. The summed E-state index contributed by atoms with van der Waals surface area (Å²) in [6.45, 7) is 7.51. The SMILES string of the molecule is CCCC(=O)N[C@H](CC(C)C)C(=O)N1CCc2ccccc2C1. The molecule has 23 heavy (non-hydrogen) atoms. The van der Waals surface area contributed by atoms with Crippen molar-refractivity contribution in [2.45, 2.75) is 59.0 Å². The van der Waals surface area contributed by atoms with Crippen molar-refractivity contribution in [2.75, 3.05) is 6.54 Å². The fraction of sp³-hybridized carbons (Fsp3) is 0.579. The highest BCUT2D eigenvalue weighted by Crippen LogP contribution is 2.20. The van der Waals surface area contributed by atoms with Crippen molar-refractivity contribution in [3.63, 3.8) is 0 Å². The number of carbonyl (C=O) groups excluding carboxylic acids is 2. The summed E-state index contributed by atoms with van der Waals surface area (Å²) in [6.07, 6.45) is 2.85. The summed E-state index contributed by atoms with van der Waals surface area (Å²) in [5.74, 6) is 0.393. The van der Waals surface area contributed by atoms with Gasteiger partial charge in [-0.05, 0) is 36.3 Å². The van der Waals surface area contributed by atoms with E-state index in [4.69, 9.17) is 0 Å². The quantitative estimate of drug-likeness (QED) is 0.877. The van der Waals surface area contributed by atoms with Crippen LogP contribution in [0.5, 0.6) is 0 Å². The van der Waals surface area contributed by atoms with Crippen molar-refractivity contribution in [2.24, 2.45) is 5.92 Å². The lowest BCUT2D eigenvalue weighted by Gasteiger charge is -2.32. The van der Waals surface area contributed by atoms with Crippen molar-refractivity contribution in [1.82, 2.24) is 10.2 Å². The minimum atomic E-state index is -0.403. The number of hydrogen-bond acceptors (Lipinski definition) is 2. The van der Waals surface area contributed by atoms with Gasteiger partial charge in [0.25, 0.3) is 0 Å². The predicted molar refractivity (Wildman–Crippen MR) is 91.9 cm³/mol. The van der Waals surface area contributed by atoms with Crippen LogP contribution in [0.2, 0.25) is 0 Å². The van der Waals surface area contributed by atoms with E-state index in [9.17, 15) is 9.59 Å². The molecule has 0 saturated heterocycles. The van der Waals surface area contributed by atoms with Crippen LogP contribution in [0, 0.1) is 5.92 Å². The highest BCUT2D eigenvalue weighted by atomic mass is 16.2. The van der Waals surface area contributed by atoms with E-state index >= 15 is 0 Å². The molecule has 4 nitrogen and oxygen atoms in total. The first kappa shape index (κ1) is 17.5. The molecule has 1 aromatic carbocycles. The Morgan fingerprint density at radius 3 is 2.57 bits per heavy atom. The molecule has 1 N–H and O–H groups in total. The molecule has 0 saturated carbocycles. The Balaban J connectivity index is 2.06. The van der Waals surface area contributed by atoms with Crippen molar-refractivity contribution in [1.29, 1.82) is 0 Å². The van der Waals surface area contributed by atoms with Crippen molar-refractivity contribution in [3.05, 3.63) is 35.4 Å². The van der Waals surface area contributed by atoms with Gasteiger partial charge in [0.05, 0.1) is 0 Å². The van der Waals surface area contributed by atoms with Gasteiger partial charge in [0.1, 0.15) is 6.04 Å². The first-order valence-electron chi connectivity index (χ1n) is 8.66. The lowest BCUT2D eigenvalue weighted by atomic mass is 9.97. The molecule has 4 heteroatoms. The van der Waals surface area contributed by atoms with Crippen molar-refractivity contribution >= 4 is 11.8 Å². The van der Waals surface area contributed by atoms with Crippen LogP contribution in [-0.2, 0) is 22.6 Å². The molecule has 0 bridgehead atoms. The largest absolute Gasteiger partial charge is 0.344 e. The van der Waals surface area contributed by atoms with Crippen LogP contribution in [0.25, 0.3) is 0 Å². The molecule has 0 radical (unpaired) electrons. The van der Waals surface area contributed by atoms with Crippen LogP contribution in [0.1, 0.15) is 51.2 Å². The molecular formula is C19H28N2O2. The molecule has 1 heterocycles. The Morgan fingerprint density at radius 2 is 1.91 bits per heavy atom. The smallest absolute Gasteiger partial charge is 0.245 e. The number of fused-ring (bicyclic) bond motifs is 1. The summed E-state index contributed by atoms with van der Waals surface area (Å²) >= 11 is 0. The molecule has 0 aromatic heterocycles. The van der Waals surface area contributed by atoms with Gasteiger partial charge >= 0.3 is 0 Å². The summed E-state index contributed by atoms with van der Waals surface area (Å²) in [5.41, 5.74) is 2.54. The third-order valence-corrected chi connectivity index (χ3v) is 4.26. The number of amides is 2. The normalized spacial score (nSPS) is 15.2. The summed E-state index contributed by atoms with van der Waals surface area (Å²) in [7, 11) is 0. The molecule has 1 aliphatic rings. The van der Waals surface area contributed by atoms with Gasteiger partial charge in [-0.3, -0.25) is 9.59 Å². The minimum absolute atomic E-state index is 0.0242. The molecule has 0 spiro atoms. The molecule has 1 atom stereocenters. The van der Waals surface area contributed by atoms with E-state index in [0.29, 0.717) is 25.3 Å². The zero-order valence-electron chi connectivity index (χ0n) is 14.5. The summed E-state index contributed by atoms with van der Waals surface area (Å²) in [4.78, 5) is 26.7. The highest BCUT2D eigenvalue weighted by Gasteiger charge is 2.28. The molecule has 126 valence electrons. The monoisotopic (exact) mass is 316 g/mol. The average molecular weight is 316 g/mol. The zero-order valence-corrected chi connectivity index (χ0v) is 14.5. The Labute approximate surface area is 139 Å². The van der Waals surface area contributed by atoms with E-state index in [0.717, 1.165) is 19.4 Å². The summed E-state index contributed by atoms with van der Waals surface area (Å²) in [6, 6.07) is 7.87. The second-order valence-corrected chi connectivity index (χ2v) is 6.78. The lowest BCUT2D eigenvalue weighted by Crippen LogP contribution is -2.50. The standard InChI is InChI=1S/C19H28N2O2/c1-4-7-18(22)20-17(12-14(2)3)19(23)21-11-10-15-8-5-6-9-16(15)13-21/h5-6,8-9,14,17H,4,7,10-13H2,1-3H3,(H,20,22)/t17-/m1/s1. The molecule has 1 aliphatic heterocycles. The maximum atomic E-state index is 12.9. The van der Waals surface area contributed by atoms with Gasteiger partial charge in [0.15, 0.2) is 0 Å². The first-order valence-corrected chi connectivity index (χ1v) is 8.66. The fourth-order valence-electron chi connectivity index (χ4n) is 3.09. The van der Waals surface area contributed by atoms with E-state index in [1.807, 2.05) is 24.0 Å². The third kappa shape index (κ3) is 4.81. The lowest BCUT2D eigenvalue weighted by molar-refractivity contribution is -0.137. The summed E-state index contributed by atoms with van der Waals surface area (Å²) in [5, 5.41) is 2.94. The van der Waals surface area contributed by atoms with Crippen LogP contribution in [0.3, 0.4) is 0 Å². The van der Waals surface area contributed by atoms with Crippen molar-refractivity contribution in [3.8, 4) is 0 Å². The zero-order chi connectivity index (χ0) is 16.8. The molecule has 0 fully saturated rings. The van der Waals surface area contributed by atoms with Crippen LogP contribution in [-0.4, -0.2) is 29.3 Å². The van der Waals surface area contributed by atoms with Gasteiger partial charge in [-0.15, -0.1) is 0 Å². The first-order chi connectivity index (χ1) is 11.0. The van der Waals surface area contributed by atoms with Crippen molar-refractivity contribution < 1.29 is 9.59 Å². The molecule has 0 aliphatic carbocycles. The van der Waals surface area contributed by atoms with E-state index in [2.05, 4.69) is 31.3 Å². The Bertz CT molecular complexity index is 554.